The van der Waals surface area contributed by atoms with Gasteiger partial charge in [-0.05, 0) is 45.0 Å². The molecule has 0 amide bonds. The molecule has 25 heavy (non-hydrogen) atoms. The summed E-state index contributed by atoms with van der Waals surface area (Å²) in [6, 6.07) is 16.3. The maximum Gasteiger partial charge on any atom is 0.324 e. The Bertz CT molecular complexity index is 693. The maximum absolute atomic E-state index is 12.6. The number of halogens is 1. The lowest BCUT2D eigenvalue weighted by Crippen LogP contribution is -2.40. The Labute approximate surface area is 154 Å². The zero-order valence-electron chi connectivity index (χ0n) is 14.7. The van der Waals surface area contributed by atoms with Gasteiger partial charge in [-0.2, -0.15) is 0 Å². The molecule has 0 radical (unpaired) electrons. The average Bonchev–Trinajstić information content (AvgIpc) is 2.62. The summed E-state index contributed by atoms with van der Waals surface area (Å²) < 4.78 is 5.91. The molecule has 134 valence electrons. The van der Waals surface area contributed by atoms with Crippen molar-refractivity contribution in [3.05, 3.63) is 70.7 Å². The van der Waals surface area contributed by atoms with Crippen molar-refractivity contribution in [2.24, 2.45) is 5.73 Å². The second-order valence-electron chi connectivity index (χ2n) is 6.15. The highest BCUT2D eigenvalue weighted by molar-refractivity contribution is 6.31. The average molecular weight is 361 g/mol. The molecule has 2 aromatic rings. The molecular formula is C20H25ClN2O2. The van der Waals surface area contributed by atoms with Crippen molar-refractivity contribution in [3.8, 4) is 0 Å². The Morgan fingerprint density at radius 3 is 2.48 bits per heavy atom. The second kappa shape index (κ2) is 8.99. The molecule has 2 aromatic carbocycles. The first-order valence-corrected chi connectivity index (χ1v) is 8.80. The van der Waals surface area contributed by atoms with E-state index in [0.29, 0.717) is 11.4 Å². The van der Waals surface area contributed by atoms with Gasteiger partial charge in [0.2, 0.25) is 0 Å². The van der Waals surface area contributed by atoms with Gasteiger partial charge in [0.15, 0.2) is 5.60 Å². The van der Waals surface area contributed by atoms with E-state index in [9.17, 15) is 4.79 Å². The Kier molecular flexibility index (Phi) is 7.00. The summed E-state index contributed by atoms with van der Waals surface area (Å²) in [6.45, 7) is 2.66. The number of nitrogens with two attached hydrogens (primary N) is 1. The highest BCUT2D eigenvalue weighted by Gasteiger charge is 2.36. The number of carbonyl (C=O) groups is 1. The van der Waals surface area contributed by atoms with Gasteiger partial charge in [-0.3, -0.25) is 4.79 Å². The van der Waals surface area contributed by atoms with Crippen LogP contribution in [0.1, 0.15) is 30.9 Å². The van der Waals surface area contributed by atoms with Gasteiger partial charge >= 0.3 is 5.97 Å². The van der Waals surface area contributed by atoms with Gasteiger partial charge < -0.3 is 15.8 Å². The molecule has 5 heteroatoms. The van der Waals surface area contributed by atoms with Crippen LogP contribution >= 0.6 is 11.6 Å². The van der Waals surface area contributed by atoms with E-state index in [0.717, 1.165) is 24.1 Å². The van der Waals surface area contributed by atoms with Crippen molar-refractivity contribution in [1.29, 1.82) is 0 Å². The minimum atomic E-state index is -1.00. The highest BCUT2D eigenvalue weighted by Crippen LogP contribution is 2.37. The van der Waals surface area contributed by atoms with Crippen LogP contribution in [0.25, 0.3) is 0 Å². The fourth-order valence-corrected chi connectivity index (χ4v) is 3.08. The molecule has 0 aromatic heterocycles. The molecular weight excluding hydrogens is 336 g/mol. The maximum atomic E-state index is 12.6. The Hall–Kier alpha value is -1.88. The lowest BCUT2D eigenvalue weighted by atomic mass is 9.87. The third-order valence-electron chi connectivity index (χ3n) is 4.26. The van der Waals surface area contributed by atoms with Crippen molar-refractivity contribution in [3.63, 3.8) is 0 Å². The van der Waals surface area contributed by atoms with Crippen molar-refractivity contribution >= 4 is 17.6 Å². The van der Waals surface area contributed by atoms with Crippen LogP contribution in [-0.2, 0) is 15.1 Å². The zero-order chi connectivity index (χ0) is 18.3. The van der Waals surface area contributed by atoms with E-state index in [-0.39, 0.29) is 0 Å². The monoisotopic (exact) mass is 360 g/mol. The Morgan fingerprint density at radius 2 is 1.84 bits per heavy atom. The normalized spacial score (nSPS) is 14.6. The molecule has 0 aliphatic carbocycles. The Balaban J connectivity index is 2.31. The van der Waals surface area contributed by atoms with Gasteiger partial charge in [-0.1, -0.05) is 60.1 Å². The summed E-state index contributed by atoms with van der Waals surface area (Å²) in [5, 5.41) is 3.59. The van der Waals surface area contributed by atoms with E-state index in [1.54, 1.807) is 6.07 Å². The highest BCUT2D eigenvalue weighted by atomic mass is 35.5. The van der Waals surface area contributed by atoms with E-state index in [1.807, 2.05) is 62.5 Å². The third kappa shape index (κ3) is 4.82. The molecule has 1 unspecified atom stereocenters. The number of ether oxygens (including phenoxy) is 1. The minimum absolute atomic E-state index is 0.428. The predicted octanol–water partition coefficient (Wildman–Crippen LogP) is 3.47. The zero-order valence-corrected chi connectivity index (χ0v) is 15.4. The van der Waals surface area contributed by atoms with Gasteiger partial charge in [-0.25, -0.2) is 0 Å². The number of hydrogen-bond acceptors (Lipinski definition) is 4. The van der Waals surface area contributed by atoms with Crippen molar-refractivity contribution in [1.82, 2.24) is 5.32 Å². The molecule has 0 saturated heterocycles. The molecule has 0 aliphatic rings. The minimum Gasteiger partial charge on any atom is -0.448 e. The second-order valence-corrected chi connectivity index (χ2v) is 6.56. The topological polar surface area (TPSA) is 64.3 Å². The van der Waals surface area contributed by atoms with E-state index in [2.05, 4.69) is 5.32 Å². The van der Waals surface area contributed by atoms with Gasteiger partial charge in [0.05, 0.1) is 0 Å². The van der Waals surface area contributed by atoms with Crippen LogP contribution in [0.5, 0.6) is 0 Å². The largest absolute Gasteiger partial charge is 0.448 e. The van der Waals surface area contributed by atoms with E-state index in [1.165, 1.54) is 0 Å². The van der Waals surface area contributed by atoms with Crippen molar-refractivity contribution in [2.75, 3.05) is 13.6 Å². The predicted molar refractivity (Wildman–Crippen MR) is 102 cm³/mol. The Morgan fingerprint density at radius 1 is 1.20 bits per heavy atom. The smallest absolute Gasteiger partial charge is 0.324 e. The lowest BCUT2D eigenvalue weighted by molar-refractivity contribution is -0.157. The molecule has 0 fully saturated rings. The van der Waals surface area contributed by atoms with Crippen molar-refractivity contribution < 1.29 is 9.53 Å². The molecule has 4 nitrogen and oxygen atoms in total. The summed E-state index contributed by atoms with van der Waals surface area (Å²) >= 11 is 6.39. The van der Waals surface area contributed by atoms with Crippen LogP contribution in [0.15, 0.2) is 54.6 Å². The molecule has 0 saturated carbocycles. The molecule has 2 rings (SSSR count). The number of rotatable bonds is 8. The number of carbonyl (C=O) groups excluding carboxylic acids is 1. The molecule has 3 N–H and O–H groups in total. The quantitative estimate of drug-likeness (QED) is 0.559. The standard InChI is InChI=1S/C20H25ClN2O2/c1-20(15-9-4-3-5-10-15,16-11-6-7-12-17(16)21)25-19(24)18(22)13-8-14-23-2/h3-7,9-12,18,23H,8,13-14,22H2,1-2H3/t18-,20?/m0/s1. The van der Waals surface area contributed by atoms with Crippen LogP contribution in [0.4, 0.5) is 0 Å². The lowest BCUT2D eigenvalue weighted by Gasteiger charge is -2.32. The van der Waals surface area contributed by atoms with Gasteiger partial charge in [-0.15, -0.1) is 0 Å². The fraction of sp³-hybridized carbons (Fsp3) is 0.350. The first-order valence-electron chi connectivity index (χ1n) is 8.42. The summed E-state index contributed by atoms with van der Waals surface area (Å²) in [4.78, 5) is 12.6. The number of nitrogens with one attached hydrogen (secondary N) is 1. The fourth-order valence-electron chi connectivity index (χ4n) is 2.77. The molecule has 2 atom stereocenters. The van der Waals surface area contributed by atoms with Crippen LogP contribution in [0.3, 0.4) is 0 Å². The SMILES string of the molecule is CNCCC[C@H](N)C(=O)OC(C)(c1ccccc1)c1ccccc1Cl. The first kappa shape index (κ1) is 19.4. The molecule has 0 aliphatic heterocycles. The van der Waals surface area contributed by atoms with Crippen molar-refractivity contribution in [2.45, 2.75) is 31.4 Å². The van der Waals surface area contributed by atoms with Gasteiger partial charge in [0.25, 0.3) is 0 Å². The van der Waals surface area contributed by atoms with Gasteiger partial charge in [0.1, 0.15) is 6.04 Å². The molecule has 0 heterocycles. The summed E-state index contributed by atoms with van der Waals surface area (Å²) in [5.41, 5.74) is 6.60. The number of hydrogen-bond donors (Lipinski definition) is 2. The molecule has 0 spiro atoms. The van der Waals surface area contributed by atoms with E-state index >= 15 is 0 Å². The third-order valence-corrected chi connectivity index (χ3v) is 4.59. The van der Waals surface area contributed by atoms with E-state index in [4.69, 9.17) is 22.1 Å². The summed E-state index contributed by atoms with van der Waals surface area (Å²) in [7, 11) is 1.87. The van der Waals surface area contributed by atoms with Crippen LogP contribution < -0.4 is 11.1 Å². The number of esters is 1. The number of benzene rings is 2. The summed E-state index contributed by atoms with van der Waals surface area (Å²) in [5.74, 6) is -0.428. The van der Waals surface area contributed by atoms with Crippen LogP contribution in [-0.4, -0.2) is 25.6 Å². The van der Waals surface area contributed by atoms with Crippen LogP contribution in [0, 0.1) is 0 Å². The molecule has 0 bridgehead atoms. The van der Waals surface area contributed by atoms with Gasteiger partial charge in [0, 0.05) is 10.6 Å². The van der Waals surface area contributed by atoms with E-state index < -0.39 is 17.6 Å². The summed E-state index contributed by atoms with van der Waals surface area (Å²) in [6.07, 6.45) is 1.37. The van der Waals surface area contributed by atoms with Crippen LogP contribution in [0.2, 0.25) is 5.02 Å². The first-order chi connectivity index (χ1) is 12.0.